The maximum absolute atomic E-state index is 11.3. The molecule has 0 aliphatic carbocycles. The Bertz CT molecular complexity index is 1060. The van der Waals surface area contributed by atoms with Gasteiger partial charge in [-0.1, -0.05) is 12.1 Å². The van der Waals surface area contributed by atoms with E-state index in [2.05, 4.69) is 14.3 Å². The molecule has 0 aliphatic heterocycles. The van der Waals surface area contributed by atoms with Crippen molar-refractivity contribution < 1.29 is 71.3 Å². The zero-order valence-corrected chi connectivity index (χ0v) is 20.1. The average Bonchev–Trinajstić information content (AvgIpc) is 2.77. The Hall–Kier alpha value is -3.33. The first-order valence-corrected chi connectivity index (χ1v) is 8.35. The van der Waals surface area contributed by atoms with Gasteiger partial charge >= 0.3 is 11.9 Å². The van der Waals surface area contributed by atoms with Crippen LogP contribution in [-0.4, -0.2) is 41.9 Å². The van der Waals surface area contributed by atoms with Gasteiger partial charge in [0, 0.05) is 44.8 Å². The first-order chi connectivity index (χ1) is 15.1. The minimum atomic E-state index is -1.30. The van der Waals surface area contributed by atoms with Crippen LogP contribution in [0.3, 0.4) is 0 Å². The van der Waals surface area contributed by atoms with E-state index >= 15 is 0 Å². The van der Waals surface area contributed by atoms with Crippen LogP contribution in [0.2, 0.25) is 0 Å². The summed E-state index contributed by atoms with van der Waals surface area (Å²) >= 11 is 0. The molecule has 14 nitrogen and oxygen atoms in total. The number of esters is 2. The smallest absolute Gasteiger partial charge is 0.338 e. The molecule has 0 spiro atoms. The van der Waals surface area contributed by atoms with Crippen LogP contribution >= 0.6 is 0 Å². The summed E-state index contributed by atoms with van der Waals surface area (Å²) in [6, 6.07) is 7.48. The van der Waals surface area contributed by atoms with Gasteiger partial charge in [-0.3, -0.25) is 20.2 Å². The molecule has 173 valence electrons. The molecule has 0 atom stereocenters. The van der Waals surface area contributed by atoms with Crippen LogP contribution in [-0.2, 0) is 53.6 Å². The third-order valence-corrected chi connectivity index (χ3v) is 3.84. The Morgan fingerprint density at radius 3 is 1.76 bits per heavy atom. The number of nitrogens with one attached hydrogen (secondary N) is 2. The maximum atomic E-state index is 11.3. The molecule has 0 saturated carbocycles. The fourth-order valence-corrected chi connectivity index (χ4v) is 2.48. The van der Waals surface area contributed by atoms with Gasteiger partial charge in [0.2, 0.25) is 0 Å². The van der Waals surface area contributed by atoms with E-state index in [1.807, 2.05) is 0 Å². The molecule has 33 heavy (non-hydrogen) atoms. The number of hydrogen-bond acceptors (Lipinski definition) is 10. The molecular weight excluding hydrogens is 521 g/mol. The summed E-state index contributed by atoms with van der Waals surface area (Å²) in [5.74, 6) is 3.71. The Balaban J connectivity index is 0.000000602. The van der Waals surface area contributed by atoms with Gasteiger partial charge in [0.15, 0.2) is 0 Å². The molecule has 0 fully saturated rings. The van der Waals surface area contributed by atoms with E-state index in [-0.39, 0.29) is 61.7 Å². The predicted molar refractivity (Wildman–Crippen MR) is 107 cm³/mol. The summed E-state index contributed by atoms with van der Waals surface area (Å²) in [5, 5.41) is 21.3. The topological polar surface area (TPSA) is 213 Å². The molecule has 0 saturated heterocycles. The molecule has 2 aromatic rings. The van der Waals surface area contributed by atoms with E-state index in [9.17, 15) is 34.6 Å². The molecule has 0 unspecified atom stereocenters. The zero-order chi connectivity index (χ0) is 24.4. The van der Waals surface area contributed by atoms with Crippen molar-refractivity contribution in [3.8, 4) is 0 Å². The second-order valence-corrected chi connectivity index (χ2v) is 5.62. The van der Waals surface area contributed by atoms with Crippen molar-refractivity contribution >= 4 is 29.2 Å². The number of carbonyl (C=O) groups excluding carboxylic acids is 3. The fourth-order valence-electron chi connectivity index (χ4n) is 2.48. The number of hydrogen-bond donors (Lipinski definition) is 0. The van der Waals surface area contributed by atoms with Crippen molar-refractivity contribution in [1.29, 1.82) is 0 Å². The standard InChI is InChI=1S/C9H9N2O5.C9H8N2O5.Y/c1-15-9(12)6-3-2-4-8(11(13)14)7(6)5-16-10;1-16-9(13)5-3-2-4-6(11(14)15)7(5)8(10)12;/h2-4,10H,5H2,1H3;2-4H,1H3,(H2,10,12);/q-1;;/p-1. The number of ether oxygens (including phenoxy) is 2. The molecule has 0 aromatic heterocycles. The van der Waals surface area contributed by atoms with Gasteiger partial charge in [-0.25, -0.2) is 9.59 Å². The monoisotopic (exact) mass is 537 g/mol. The van der Waals surface area contributed by atoms with Crippen LogP contribution < -0.4 is 0 Å². The summed E-state index contributed by atoms with van der Waals surface area (Å²) in [6.07, 6.45) is 0. The number of rotatable bonds is 7. The number of nitro groups is 2. The van der Waals surface area contributed by atoms with Gasteiger partial charge < -0.3 is 30.7 Å². The van der Waals surface area contributed by atoms with Crippen molar-refractivity contribution in [3.05, 3.63) is 90.5 Å². The third-order valence-electron chi connectivity index (χ3n) is 3.84. The molecule has 2 rings (SSSR count). The predicted octanol–water partition coefficient (Wildman–Crippen LogP) is 3.44. The number of benzene rings is 2. The zero-order valence-electron chi connectivity index (χ0n) is 17.2. The van der Waals surface area contributed by atoms with Gasteiger partial charge in [0.1, 0.15) is 0 Å². The normalized spacial score (nSPS) is 9.42. The van der Waals surface area contributed by atoms with E-state index in [1.165, 1.54) is 37.4 Å². The van der Waals surface area contributed by atoms with Crippen molar-refractivity contribution in [1.82, 2.24) is 0 Å². The van der Waals surface area contributed by atoms with Crippen LogP contribution in [0.25, 0.3) is 11.6 Å². The number of amides is 1. The van der Waals surface area contributed by atoms with Crippen LogP contribution in [0.1, 0.15) is 36.6 Å². The van der Waals surface area contributed by atoms with Gasteiger partial charge in [-0.05, 0) is 12.1 Å². The van der Waals surface area contributed by atoms with Crippen LogP contribution in [0.5, 0.6) is 0 Å². The quantitative estimate of drug-likeness (QED) is 0.285. The molecule has 2 N–H and O–H groups in total. The van der Waals surface area contributed by atoms with Crippen molar-refractivity contribution in [2.24, 2.45) is 0 Å². The summed E-state index contributed by atoms with van der Waals surface area (Å²) < 4.78 is 8.84. The molecule has 1 radical (unpaired) electrons. The number of carbonyl (C=O) groups is 3. The summed E-state index contributed by atoms with van der Waals surface area (Å²) in [5.41, 5.74) is 5.29. The van der Waals surface area contributed by atoms with E-state index < -0.39 is 38.9 Å². The van der Waals surface area contributed by atoms with Gasteiger partial charge in [0.05, 0.1) is 58.8 Å². The average molecular weight is 537 g/mol. The van der Waals surface area contributed by atoms with Crippen LogP contribution in [0.15, 0.2) is 36.4 Å². The molecule has 0 aliphatic rings. The molecule has 1 amide bonds. The second-order valence-electron chi connectivity index (χ2n) is 5.62. The Labute approximate surface area is 211 Å². The van der Waals surface area contributed by atoms with Crippen molar-refractivity contribution in [2.45, 2.75) is 6.61 Å². The minimum Gasteiger partial charge on any atom is -0.663 e. The third kappa shape index (κ3) is 7.64. The van der Waals surface area contributed by atoms with E-state index in [4.69, 9.17) is 11.6 Å². The molecule has 0 heterocycles. The van der Waals surface area contributed by atoms with Gasteiger partial charge in [0.25, 0.3) is 11.4 Å². The summed E-state index contributed by atoms with van der Waals surface area (Å²) in [6.45, 7) is -0.346. The Kier molecular flexibility index (Phi) is 12.5. The Morgan fingerprint density at radius 1 is 0.879 bits per heavy atom. The molecule has 15 heteroatoms. The van der Waals surface area contributed by atoms with Crippen molar-refractivity contribution in [2.75, 3.05) is 14.2 Å². The van der Waals surface area contributed by atoms with E-state index in [0.29, 0.717) is 0 Å². The number of methoxy groups -OCH3 is 2. The number of nitrogens with zero attached hydrogens (tertiary/aromatic N) is 2. The van der Waals surface area contributed by atoms with Gasteiger partial charge in [-0.15, -0.1) is 0 Å². The Morgan fingerprint density at radius 2 is 1.33 bits per heavy atom. The first-order valence-electron chi connectivity index (χ1n) is 8.35. The molecule has 0 bridgehead atoms. The first kappa shape index (κ1) is 29.7. The van der Waals surface area contributed by atoms with Crippen molar-refractivity contribution in [3.63, 3.8) is 0 Å². The minimum absolute atomic E-state index is 0. The second kappa shape index (κ2) is 14.0. The molecular formula is C18H16N4O10Y-2. The summed E-state index contributed by atoms with van der Waals surface area (Å²) in [7, 11) is 2.26. The van der Waals surface area contributed by atoms with Crippen LogP contribution in [0, 0.1) is 20.2 Å². The fraction of sp³-hybridized carbons (Fsp3) is 0.167. The maximum Gasteiger partial charge on any atom is 0.338 e. The number of nitro benzene ring substituents is 2. The summed E-state index contributed by atoms with van der Waals surface area (Å²) in [4.78, 5) is 57.5. The van der Waals surface area contributed by atoms with Crippen LogP contribution in [0.4, 0.5) is 11.4 Å². The van der Waals surface area contributed by atoms with E-state index in [1.54, 1.807) is 0 Å². The SMILES string of the molecule is COC(=O)c1cccc([N+](=O)[O-])c1C([NH-])=O.COC(=O)c1cccc([N+](=O)[O-])c1CO[NH-].[Y]. The van der Waals surface area contributed by atoms with E-state index in [0.717, 1.165) is 13.2 Å². The molecule has 2 aromatic carbocycles. The largest absolute Gasteiger partial charge is 0.663 e. The van der Waals surface area contributed by atoms with Gasteiger partial charge in [-0.2, -0.15) is 0 Å².